The second kappa shape index (κ2) is 5.12. The molecule has 2 heteroatoms. The molecule has 1 heterocycles. The second-order valence-electron chi connectivity index (χ2n) is 5.60. The van der Waals surface area contributed by atoms with Crippen molar-refractivity contribution in [2.45, 2.75) is 26.8 Å². The third-order valence-electron chi connectivity index (χ3n) is 3.99. The molecule has 0 fully saturated rings. The van der Waals surface area contributed by atoms with Gasteiger partial charge in [-0.25, -0.2) is 0 Å². The predicted octanol–water partition coefficient (Wildman–Crippen LogP) is 3.72. The molecule has 2 nitrogen and oxygen atoms in total. The number of amides is 1. The predicted molar refractivity (Wildman–Crippen MR) is 81.7 cm³/mol. The first-order valence-electron chi connectivity index (χ1n) is 7.10. The molecule has 1 aliphatic rings. The Labute approximate surface area is 120 Å². The van der Waals surface area contributed by atoms with Gasteiger partial charge in [0.2, 0.25) is 5.91 Å². The largest absolute Gasteiger partial charge is 0.307 e. The first kappa shape index (κ1) is 12.9. The smallest absolute Gasteiger partial charge is 0.230 e. The Bertz CT molecular complexity index is 633. The standard InChI is InChI=1S/C18H19NO/c1-13-7-6-10-16-11-14(2)18(20)19(17(13)16)12-15-8-4-3-5-9-15/h3-10,14H,11-12H2,1-2H3. The summed E-state index contributed by atoms with van der Waals surface area (Å²) in [6.45, 7) is 4.76. The van der Waals surface area contributed by atoms with E-state index in [1.165, 1.54) is 16.7 Å². The molecule has 0 N–H and O–H groups in total. The molecule has 0 saturated carbocycles. The minimum absolute atomic E-state index is 0.0630. The van der Waals surface area contributed by atoms with Gasteiger partial charge in [-0.3, -0.25) is 4.79 Å². The van der Waals surface area contributed by atoms with E-state index in [1.54, 1.807) is 0 Å². The molecule has 0 spiro atoms. The van der Waals surface area contributed by atoms with Gasteiger partial charge >= 0.3 is 0 Å². The summed E-state index contributed by atoms with van der Waals surface area (Å²) in [6, 6.07) is 16.5. The summed E-state index contributed by atoms with van der Waals surface area (Å²) in [5.41, 5.74) is 4.75. The Balaban J connectivity index is 2.03. The Morgan fingerprint density at radius 2 is 1.85 bits per heavy atom. The molecular weight excluding hydrogens is 246 g/mol. The number of hydrogen-bond donors (Lipinski definition) is 0. The fraction of sp³-hybridized carbons (Fsp3) is 0.278. The summed E-state index contributed by atoms with van der Waals surface area (Å²) in [7, 11) is 0. The maximum absolute atomic E-state index is 12.6. The van der Waals surface area contributed by atoms with Crippen LogP contribution in [0.15, 0.2) is 48.5 Å². The highest BCUT2D eigenvalue weighted by atomic mass is 16.2. The number of carbonyl (C=O) groups is 1. The van der Waals surface area contributed by atoms with Crippen LogP contribution in [0.25, 0.3) is 0 Å². The lowest BCUT2D eigenvalue weighted by Crippen LogP contribution is -2.40. The van der Waals surface area contributed by atoms with Gasteiger partial charge < -0.3 is 4.90 Å². The fourth-order valence-electron chi connectivity index (χ4n) is 2.99. The first-order chi connectivity index (χ1) is 9.66. The summed E-state index contributed by atoms with van der Waals surface area (Å²) in [6.07, 6.45) is 0.848. The van der Waals surface area contributed by atoms with E-state index in [-0.39, 0.29) is 11.8 Å². The highest BCUT2D eigenvalue weighted by Gasteiger charge is 2.30. The van der Waals surface area contributed by atoms with Crippen LogP contribution >= 0.6 is 0 Å². The number of aryl methyl sites for hydroxylation is 1. The number of nitrogens with zero attached hydrogens (tertiary/aromatic N) is 1. The highest BCUT2D eigenvalue weighted by Crippen LogP contribution is 2.34. The number of para-hydroxylation sites is 1. The van der Waals surface area contributed by atoms with Crippen LogP contribution in [0.1, 0.15) is 23.6 Å². The van der Waals surface area contributed by atoms with E-state index in [9.17, 15) is 4.79 Å². The van der Waals surface area contributed by atoms with Crippen molar-refractivity contribution in [2.24, 2.45) is 5.92 Å². The van der Waals surface area contributed by atoms with Gasteiger partial charge in [-0.05, 0) is 30.0 Å². The normalized spacial score (nSPS) is 18.0. The van der Waals surface area contributed by atoms with Crippen molar-refractivity contribution < 1.29 is 4.79 Å². The van der Waals surface area contributed by atoms with Gasteiger partial charge in [0.25, 0.3) is 0 Å². The number of hydrogen-bond acceptors (Lipinski definition) is 1. The first-order valence-corrected chi connectivity index (χ1v) is 7.10. The molecule has 2 aromatic carbocycles. The van der Waals surface area contributed by atoms with Crippen LogP contribution < -0.4 is 4.90 Å². The lowest BCUT2D eigenvalue weighted by atomic mass is 9.91. The van der Waals surface area contributed by atoms with Crippen molar-refractivity contribution in [3.8, 4) is 0 Å². The van der Waals surface area contributed by atoms with Crippen molar-refractivity contribution in [1.29, 1.82) is 0 Å². The Kier molecular flexibility index (Phi) is 3.31. The zero-order valence-electron chi connectivity index (χ0n) is 12.0. The molecular formula is C18H19NO. The number of carbonyl (C=O) groups excluding carboxylic acids is 1. The highest BCUT2D eigenvalue weighted by molar-refractivity contribution is 5.98. The van der Waals surface area contributed by atoms with Gasteiger partial charge in [0.05, 0.1) is 12.2 Å². The van der Waals surface area contributed by atoms with Gasteiger partial charge in [0.1, 0.15) is 0 Å². The molecule has 1 unspecified atom stereocenters. The van der Waals surface area contributed by atoms with Gasteiger partial charge in [-0.15, -0.1) is 0 Å². The Morgan fingerprint density at radius 1 is 1.10 bits per heavy atom. The molecule has 0 aromatic heterocycles. The topological polar surface area (TPSA) is 20.3 Å². The quantitative estimate of drug-likeness (QED) is 0.810. The molecule has 0 aliphatic carbocycles. The average molecular weight is 265 g/mol. The maximum Gasteiger partial charge on any atom is 0.230 e. The van der Waals surface area contributed by atoms with Gasteiger partial charge in [-0.2, -0.15) is 0 Å². The van der Waals surface area contributed by atoms with E-state index in [0.717, 1.165) is 12.1 Å². The van der Waals surface area contributed by atoms with Crippen LogP contribution in [0, 0.1) is 12.8 Å². The third kappa shape index (κ3) is 2.22. The van der Waals surface area contributed by atoms with Crippen molar-refractivity contribution in [3.63, 3.8) is 0 Å². The molecule has 102 valence electrons. The summed E-state index contributed by atoms with van der Waals surface area (Å²) in [5, 5.41) is 0. The maximum atomic E-state index is 12.6. The van der Waals surface area contributed by atoms with E-state index < -0.39 is 0 Å². The molecule has 2 aromatic rings. The van der Waals surface area contributed by atoms with Gasteiger partial charge in [-0.1, -0.05) is 55.5 Å². The van der Waals surface area contributed by atoms with Crippen LogP contribution in [-0.2, 0) is 17.8 Å². The number of fused-ring (bicyclic) bond motifs is 1. The van der Waals surface area contributed by atoms with Crippen LogP contribution in [0.5, 0.6) is 0 Å². The monoisotopic (exact) mass is 265 g/mol. The molecule has 3 rings (SSSR count). The van der Waals surface area contributed by atoms with Crippen molar-refractivity contribution in [1.82, 2.24) is 0 Å². The van der Waals surface area contributed by atoms with E-state index in [4.69, 9.17) is 0 Å². The van der Waals surface area contributed by atoms with Crippen LogP contribution in [0.3, 0.4) is 0 Å². The molecule has 0 bridgehead atoms. The molecule has 1 aliphatic heterocycles. The lowest BCUT2D eigenvalue weighted by molar-refractivity contribution is -0.122. The molecule has 1 amide bonds. The van der Waals surface area contributed by atoms with Crippen LogP contribution in [-0.4, -0.2) is 5.91 Å². The van der Waals surface area contributed by atoms with Crippen LogP contribution in [0.2, 0.25) is 0 Å². The van der Waals surface area contributed by atoms with Gasteiger partial charge in [0.15, 0.2) is 0 Å². The Hall–Kier alpha value is -2.09. The molecule has 20 heavy (non-hydrogen) atoms. The summed E-state index contributed by atoms with van der Waals surface area (Å²) in [4.78, 5) is 14.5. The number of anilines is 1. The fourth-order valence-corrected chi connectivity index (χ4v) is 2.99. The summed E-state index contributed by atoms with van der Waals surface area (Å²) < 4.78 is 0. The Morgan fingerprint density at radius 3 is 2.60 bits per heavy atom. The van der Waals surface area contributed by atoms with Crippen molar-refractivity contribution in [3.05, 3.63) is 65.2 Å². The molecule has 1 atom stereocenters. The van der Waals surface area contributed by atoms with Crippen molar-refractivity contribution in [2.75, 3.05) is 4.90 Å². The average Bonchev–Trinajstić information content (AvgIpc) is 2.45. The van der Waals surface area contributed by atoms with E-state index in [2.05, 4.69) is 37.3 Å². The minimum Gasteiger partial charge on any atom is -0.307 e. The zero-order chi connectivity index (χ0) is 14.1. The van der Waals surface area contributed by atoms with E-state index >= 15 is 0 Å². The zero-order valence-corrected chi connectivity index (χ0v) is 12.0. The van der Waals surface area contributed by atoms with Crippen LogP contribution in [0.4, 0.5) is 5.69 Å². The van der Waals surface area contributed by atoms with Crippen molar-refractivity contribution >= 4 is 11.6 Å². The van der Waals surface area contributed by atoms with E-state index in [1.807, 2.05) is 30.0 Å². The lowest BCUT2D eigenvalue weighted by Gasteiger charge is -2.34. The summed E-state index contributed by atoms with van der Waals surface area (Å²) in [5.74, 6) is 0.295. The number of benzene rings is 2. The number of rotatable bonds is 2. The van der Waals surface area contributed by atoms with Gasteiger partial charge in [0, 0.05) is 5.92 Å². The third-order valence-corrected chi connectivity index (χ3v) is 3.99. The summed E-state index contributed by atoms with van der Waals surface area (Å²) >= 11 is 0. The second-order valence-corrected chi connectivity index (χ2v) is 5.60. The molecule has 0 radical (unpaired) electrons. The van der Waals surface area contributed by atoms with E-state index in [0.29, 0.717) is 6.54 Å². The minimum atomic E-state index is 0.0630. The SMILES string of the molecule is Cc1cccc2c1N(Cc1ccccc1)C(=O)C(C)C2. The molecule has 0 saturated heterocycles.